The molecule has 0 amide bonds. The molecule has 1 aliphatic heterocycles. The first-order chi connectivity index (χ1) is 4.83. The Kier molecular flexibility index (Phi) is 1.52. The van der Waals surface area contributed by atoms with Gasteiger partial charge in [0.1, 0.15) is 5.78 Å². The lowest BCUT2D eigenvalue weighted by Crippen LogP contribution is -2.42. The molecule has 2 heteroatoms. The Labute approximate surface area is 65.6 Å². The highest BCUT2D eigenvalue weighted by Crippen LogP contribution is 2.47. The highest BCUT2D eigenvalue weighted by Gasteiger charge is 2.44. The van der Waals surface area contributed by atoms with E-state index in [-0.39, 0.29) is 5.41 Å². The van der Waals surface area contributed by atoms with Crippen molar-refractivity contribution in [1.29, 1.82) is 0 Å². The summed E-state index contributed by atoms with van der Waals surface area (Å²) >= 11 is 1.96. The van der Waals surface area contributed by atoms with E-state index in [0.717, 1.165) is 17.9 Å². The second-order valence-electron chi connectivity index (χ2n) is 3.36. The molecule has 56 valence electrons. The number of hydrogen-bond acceptors (Lipinski definition) is 2. The molecule has 2 fully saturated rings. The van der Waals surface area contributed by atoms with Gasteiger partial charge in [-0.1, -0.05) is 6.42 Å². The minimum Gasteiger partial charge on any atom is -0.299 e. The summed E-state index contributed by atoms with van der Waals surface area (Å²) in [7, 11) is 0. The van der Waals surface area contributed by atoms with Crippen LogP contribution in [-0.4, -0.2) is 17.3 Å². The van der Waals surface area contributed by atoms with Crippen LogP contribution in [0.2, 0.25) is 0 Å². The van der Waals surface area contributed by atoms with Gasteiger partial charge in [0.05, 0.1) is 0 Å². The summed E-state index contributed by atoms with van der Waals surface area (Å²) in [6.45, 7) is 0. The van der Waals surface area contributed by atoms with E-state index in [4.69, 9.17) is 0 Å². The highest BCUT2D eigenvalue weighted by atomic mass is 32.2. The van der Waals surface area contributed by atoms with E-state index in [1.165, 1.54) is 19.3 Å². The fraction of sp³-hybridized carbons (Fsp3) is 0.875. The van der Waals surface area contributed by atoms with E-state index in [0.29, 0.717) is 5.78 Å². The summed E-state index contributed by atoms with van der Waals surface area (Å²) in [6.07, 6.45) is 4.48. The second kappa shape index (κ2) is 2.26. The summed E-state index contributed by atoms with van der Waals surface area (Å²) in [5, 5.41) is 0. The van der Waals surface area contributed by atoms with Gasteiger partial charge >= 0.3 is 0 Å². The average Bonchev–Trinajstić information content (AvgIpc) is 1.85. The highest BCUT2D eigenvalue weighted by molar-refractivity contribution is 7.99. The van der Waals surface area contributed by atoms with E-state index in [9.17, 15) is 4.79 Å². The fourth-order valence-electron chi connectivity index (χ4n) is 1.80. The van der Waals surface area contributed by atoms with Crippen LogP contribution in [-0.2, 0) is 4.79 Å². The first-order valence-electron chi connectivity index (χ1n) is 3.95. The Morgan fingerprint density at radius 2 is 2.20 bits per heavy atom. The summed E-state index contributed by atoms with van der Waals surface area (Å²) in [4.78, 5) is 11.4. The average molecular weight is 156 g/mol. The number of rotatable bonds is 0. The van der Waals surface area contributed by atoms with E-state index < -0.39 is 0 Å². The number of carbonyl (C=O) groups excluding carboxylic acids is 1. The van der Waals surface area contributed by atoms with Gasteiger partial charge in [0.2, 0.25) is 0 Å². The van der Waals surface area contributed by atoms with Crippen molar-refractivity contribution in [3.8, 4) is 0 Å². The number of ketones is 1. The quantitative estimate of drug-likeness (QED) is 0.532. The van der Waals surface area contributed by atoms with E-state index in [2.05, 4.69) is 0 Å². The summed E-state index contributed by atoms with van der Waals surface area (Å²) in [6, 6.07) is 0. The van der Waals surface area contributed by atoms with Crippen LogP contribution in [0.25, 0.3) is 0 Å². The SMILES string of the molecule is O=C1CCSCC12CCC2. The summed E-state index contributed by atoms with van der Waals surface area (Å²) in [5.74, 6) is 2.74. The second-order valence-corrected chi connectivity index (χ2v) is 4.46. The van der Waals surface area contributed by atoms with Gasteiger partial charge < -0.3 is 0 Å². The molecular weight excluding hydrogens is 144 g/mol. The summed E-state index contributed by atoms with van der Waals surface area (Å²) < 4.78 is 0. The Morgan fingerprint density at radius 1 is 1.40 bits per heavy atom. The number of Topliss-reactive ketones (excluding diaryl/α,β-unsaturated/α-hetero) is 1. The van der Waals surface area contributed by atoms with Crippen LogP contribution < -0.4 is 0 Å². The molecular formula is C8H12OS. The van der Waals surface area contributed by atoms with Gasteiger partial charge in [0.25, 0.3) is 0 Å². The molecule has 2 rings (SSSR count). The van der Waals surface area contributed by atoms with Crippen LogP contribution in [0, 0.1) is 5.41 Å². The molecule has 0 unspecified atom stereocenters. The van der Waals surface area contributed by atoms with Crippen LogP contribution in [0.5, 0.6) is 0 Å². The maximum atomic E-state index is 11.4. The third-order valence-corrected chi connectivity index (χ3v) is 4.00. The van der Waals surface area contributed by atoms with E-state index in [1.54, 1.807) is 0 Å². The molecule has 1 nitrogen and oxygen atoms in total. The molecule has 10 heavy (non-hydrogen) atoms. The lowest BCUT2D eigenvalue weighted by atomic mass is 9.66. The molecule has 0 bridgehead atoms. The minimum absolute atomic E-state index is 0.183. The Bertz CT molecular complexity index is 161. The van der Waals surface area contributed by atoms with Crippen molar-refractivity contribution >= 4 is 17.5 Å². The predicted molar refractivity (Wildman–Crippen MR) is 43.2 cm³/mol. The molecule has 1 saturated carbocycles. The largest absolute Gasteiger partial charge is 0.299 e. The van der Waals surface area contributed by atoms with E-state index in [1.807, 2.05) is 11.8 Å². The third-order valence-electron chi connectivity index (χ3n) is 2.75. The zero-order chi connectivity index (χ0) is 7.03. The lowest BCUT2D eigenvalue weighted by molar-refractivity contribution is -0.131. The van der Waals surface area contributed by atoms with Crippen molar-refractivity contribution in [3.05, 3.63) is 0 Å². The van der Waals surface area contributed by atoms with Crippen LogP contribution in [0.1, 0.15) is 25.7 Å². The molecule has 0 radical (unpaired) electrons. The maximum absolute atomic E-state index is 11.4. The van der Waals surface area contributed by atoms with Crippen molar-refractivity contribution in [2.24, 2.45) is 5.41 Å². The number of carbonyl (C=O) groups is 1. The smallest absolute Gasteiger partial charge is 0.140 e. The number of thioether (sulfide) groups is 1. The van der Waals surface area contributed by atoms with E-state index >= 15 is 0 Å². The van der Waals surface area contributed by atoms with Crippen molar-refractivity contribution in [3.63, 3.8) is 0 Å². The van der Waals surface area contributed by atoms with Crippen LogP contribution in [0.3, 0.4) is 0 Å². The molecule has 1 saturated heterocycles. The van der Waals surface area contributed by atoms with Crippen LogP contribution in [0.4, 0.5) is 0 Å². The van der Waals surface area contributed by atoms with Crippen molar-refractivity contribution in [2.75, 3.05) is 11.5 Å². The zero-order valence-electron chi connectivity index (χ0n) is 6.06. The molecule has 1 aliphatic carbocycles. The Balaban J connectivity index is 2.10. The van der Waals surface area contributed by atoms with Gasteiger partial charge in [-0.25, -0.2) is 0 Å². The molecule has 2 aliphatic rings. The monoisotopic (exact) mass is 156 g/mol. The van der Waals surface area contributed by atoms with Gasteiger partial charge in [-0.3, -0.25) is 4.79 Å². The normalized spacial score (nSPS) is 30.2. The predicted octanol–water partition coefficient (Wildman–Crippen LogP) is 1.86. The first-order valence-corrected chi connectivity index (χ1v) is 5.10. The molecule has 0 N–H and O–H groups in total. The number of hydrogen-bond donors (Lipinski definition) is 0. The first kappa shape index (κ1) is 6.71. The Morgan fingerprint density at radius 3 is 2.60 bits per heavy atom. The van der Waals surface area contributed by atoms with Gasteiger partial charge in [-0.2, -0.15) is 11.8 Å². The Hall–Kier alpha value is 0.0200. The van der Waals surface area contributed by atoms with Gasteiger partial charge in [-0.05, 0) is 12.8 Å². The van der Waals surface area contributed by atoms with Crippen molar-refractivity contribution in [1.82, 2.24) is 0 Å². The van der Waals surface area contributed by atoms with Crippen LogP contribution >= 0.6 is 11.8 Å². The molecule has 1 heterocycles. The molecule has 0 aromatic carbocycles. The minimum atomic E-state index is 0.183. The summed E-state index contributed by atoms with van der Waals surface area (Å²) in [5.41, 5.74) is 0.183. The van der Waals surface area contributed by atoms with Gasteiger partial charge in [-0.15, -0.1) is 0 Å². The van der Waals surface area contributed by atoms with Gasteiger partial charge in [0.15, 0.2) is 0 Å². The molecule has 0 aromatic heterocycles. The van der Waals surface area contributed by atoms with Crippen molar-refractivity contribution in [2.45, 2.75) is 25.7 Å². The molecule has 0 atom stereocenters. The maximum Gasteiger partial charge on any atom is 0.140 e. The zero-order valence-corrected chi connectivity index (χ0v) is 6.88. The fourth-order valence-corrected chi connectivity index (χ4v) is 3.12. The standard InChI is InChI=1S/C8H12OS/c9-7-2-5-10-6-8(7)3-1-4-8/h1-6H2. The lowest BCUT2D eigenvalue weighted by Gasteiger charge is -2.42. The van der Waals surface area contributed by atoms with Crippen LogP contribution in [0.15, 0.2) is 0 Å². The topological polar surface area (TPSA) is 17.1 Å². The molecule has 0 aromatic rings. The van der Waals surface area contributed by atoms with Crippen molar-refractivity contribution < 1.29 is 4.79 Å². The third kappa shape index (κ3) is 0.815. The van der Waals surface area contributed by atoms with Gasteiger partial charge in [0, 0.05) is 23.3 Å². The molecule has 1 spiro atoms.